The second-order valence-electron chi connectivity index (χ2n) is 6.55. The molecule has 0 fully saturated rings. The van der Waals surface area contributed by atoms with E-state index in [0.717, 1.165) is 0 Å². The molecule has 1 N–H and O–H groups in total. The summed E-state index contributed by atoms with van der Waals surface area (Å²) in [5.41, 5.74) is -9.19. The number of halogens is 12. The summed E-state index contributed by atoms with van der Waals surface area (Å²) in [6, 6.07) is -1.51. The van der Waals surface area contributed by atoms with Gasteiger partial charge < -0.3 is 5.32 Å². The lowest BCUT2D eigenvalue weighted by molar-refractivity contribution is -0.144. The quantitative estimate of drug-likeness (QED) is 0.430. The van der Waals surface area contributed by atoms with Gasteiger partial charge in [-0.05, 0) is 36.4 Å². The molecule has 0 aliphatic rings. The SMILES string of the molecule is CN(C(=O)Nc1cc(C(F)(F)F)cc(C(F)(F)F)c1)c1cc(C(F)(F)F)cc(C(F)(F)F)c1. The maximum absolute atomic E-state index is 13.0. The Labute approximate surface area is 176 Å². The van der Waals surface area contributed by atoms with Gasteiger partial charge in [-0.3, -0.25) is 4.90 Å². The van der Waals surface area contributed by atoms with Gasteiger partial charge in [-0.2, -0.15) is 52.7 Å². The Morgan fingerprint density at radius 2 is 0.909 bits per heavy atom. The molecule has 0 aromatic heterocycles. The summed E-state index contributed by atoms with van der Waals surface area (Å²) in [7, 11) is 0.670. The molecular formula is C18H10F12N2O. The molecule has 2 amide bonds. The molecular weight excluding hydrogens is 488 g/mol. The molecule has 0 bridgehead atoms. The van der Waals surface area contributed by atoms with Gasteiger partial charge in [-0.1, -0.05) is 0 Å². The molecule has 2 aromatic carbocycles. The van der Waals surface area contributed by atoms with Gasteiger partial charge in [0.25, 0.3) is 0 Å². The van der Waals surface area contributed by atoms with Crippen LogP contribution < -0.4 is 10.2 Å². The molecule has 2 rings (SSSR count). The fraction of sp³-hybridized carbons (Fsp3) is 0.278. The zero-order valence-electron chi connectivity index (χ0n) is 15.9. The highest BCUT2D eigenvalue weighted by Gasteiger charge is 2.39. The predicted molar refractivity (Wildman–Crippen MR) is 90.3 cm³/mol. The van der Waals surface area contributed by atoms with Crippen molar-refractivity contribution < 1.29 is 57.5 Å². The third-order valence-electron chi connectivity index (χ3n) is 4.10. The molecule has 0 aliphatic heterocycles. The maximum atomic E-state index is 13.0. The zero-order valence-corrected chi connectivity index (χ0v) is 15.9. The lowest BCUT2D eigenvalue weighted by Crippen LogP contribution is -2.32. The summed E-state index contributed by atoms with van der Waals surface area (Å²) < 4.78 is 155. The van der Waals surface area contributed by atoms with Crippen LogP contribution in [0.3, 0.4) is 0 Å². The van der Waals surface area contributed by atoms with Crippen molar-refractivity contribution in [1.29, 1.82) is 0 Å². The number of alkyl halides is 12. The first-order valence-electron chi connectivity index (χ1n) is 8.33. The number of amides is 2. The van der Waals surface area contributed by atoms with E-state index in [0.29, 0.717) is 7.05 Å². The van der Waals surface area contributed by atoms with Crippen LogP contribution in [0.25, 0.3) is 0 Å². The molecule has 0 saturated heterocycles. The third-order valence-corrected chi connectivity index (χ3v) is 4.10. The third kappa shape index (κ3) is 6.44. The van der Waals surface area contributed by atoms with Crippen LogP contribution in [0.4, 0.5) is 68.9 Å². The van der Waals surface area contributed by atoms with Gasteiger partial charge in [0, 0.05) is 18.4 Å². The number of hydrogen-bond acceptors (Lipinski definition) is 1. The number of carbonyl (C=O) groups is 1. The van der Waals surface area contributed by atoms with E-state index in [1.807, 2.05) is 0 Å². The second kappa shape index (κ2) is 8.33. The Morgan fingerprint density at radius 3 is 1.21 bits per heavy atom. The number of nitrogens with zero attached hydrogens (tertiary/aromatic N) is 1. The van der Waals surface area contributed by atoms with Crippen molar-refractivity contribution in [2.75, 3.05) is 17.3 Å². The van der Waals surface area contributed by atoms with Gasteiger partial charge in [-0.25, -0.2) is 4.79 Å². The van der Waals surface area contributed by atoms with Crippen LogP contribution in [0.5, 0.6) is 0 Å². The summed E-state index contributed by atoms with van der Waals surface area (Å²) in [5.74, 6) is 0. The molecule has 182 valence electrons. The molecule has 0 radical (unpaired) electrons. The molecule has 0 saturated carbocycles. The molecule has 3 nitrogen and oxygen atoms in total. The van der Waals surface area contributed by atoms with E-state index in [1.165, 1.54) is 0 Å². The summed E-state index contributed by atoms with van der Waals surface area (Å²) in [6.45, 7) is 0. The average molecular weight is 498 g/mol. The normalized spacial score (nSPS) is 13.1. The second-order valence-corrected chi connectivity index (χ2v) is 6.55. The van der Waals surface area contributed by atoms with Gasteiger partial charge >= 0.3 is 30.7 Å². The maximum Gasteiger partial charge on any atom is 0.416 e. The van der Waals surface area contributed by atoms with E-state index < -0.39 is 64.4 Å². The van der Waals surface area contributed by atoms with E-state index in [9.17, 15) is 57.5 Å². The molecule has 0 aliphatic carbocycles. The largest absolute Gasteiger partial charge is 0.416 e. The summed E-state index contributed by atoms with van der Waals surface area (Å²) >= 11 is 0. The van der Waals surface area contributed by atoms with Crippen molar-refractivity contribution in [1.82, 2.24) is 0 Å². The number of anilines is 2. The van der Waals surface area contributed by atoms with Crippen molar-refractivity contribution in [2.24, 2.45) is 0 Å². The minimum absolute atomic E-state index is 0.119. The van der Waals surface area contributed by atoms with E-state index in [1.54, 1.807) is 5.32 Å². The van der Waals surface area contributed by atoms with Crippen LogP contribution in [-0.2, 0) is 24.7 Å². The first kappa shape index (κ1) is 26.1. The summed E-state index contributed by atoms with van der Waals surface area (Å²) in [6.07, 6.45) is -21.0. The van der Waals surface area contributed by atoms with Crippen molar-refractivity contribution >= 4 is 17.4 Å². The Balaban J connectivity index is 2.48. The lowest BCUT2D eigenvalue weighted by atomic mass is 10.1. The van der Waals surface area contributed by atoms with Gasteiger partial charge in [0.2, 0.25) is 0 Å². The van der Waals surface area contributed by atoms with Crippen LogP contribution in [0.1, 0.15) is 22.3 Å². The van der Waals surface area contributed by atoms with Crippen molar-refractivity contribution in [3.8, 4) is 0 Å². The molecule has 0 atom stereocenters. The molecule has 2 aromatic rings. The van der Waals surface area contributed by atoms with Crippen LogP contribution in [0, 0.1) is 0 Å². The van der Waals surface area contributed by atoms with E-state index in [-0.39, 0.29) is 41.3 Å². The molecule has 0 heterocycles. The molecule has 33 heavy (non-hydrogen) atoms. The van der Waals surface area contributed by atoms with Crippen molar-refractivity contribution in [2.45, 2.75) is 24.7 Å². The van der Waals surface area contributed by atoms with Crippen LogP contribution in [0.2, 0.25) is 0 Å². The smallest absolute Gasteiger partial charge is 0.308 e. The minimum Gasteiger partial charge on any atom is -0.308 e. The Bertz CT molecular complexity index is 970. The number of nitrogens with one attached hydrogen (secondary N) is 1. The average Bonchev–Trinajstić information content (AvgIpc) is 2.64. The van der Waals surface area contributed by atoms with Crippen molar-refractivity contribution in [3.05, 3.63) is 58.7 Å². The summed E-state index contributed by atoms with van der Waals surface area (Å²) in [5, 5.41) is 1.61. The van der Waals surface area contributed by atoms with Gasteiger partial charge in [0.15, 0.2) is 0 Å². The van der Waals surface area contributed by atoms with Crippen LogP contribution in [-0.4, -0.2) is 13.1 Å². The number of benzene rings is 2. The lowest BCUT2D eigenvalue weighted by Gasteiger charge is -2.22. The van der Waals surface area contributed by atoms with Gasteiger partial charge in [-0.15, -0.1) is 0 Å². The van der Waals surface area contributed by atoms with Gasteiger partial charge in [0.05, 0.1) is 22.3 Å². The molecule has 0 unspecified atom stereocenters. The topological polar surface area (TPSA) is 32.3 Å². The fourth-order valence-corrected chi connectivity index (χ4v) is 2.48. The van der Waals surface area contributed by atoms with E-state index in [4.69, 9.17) is 0 Å². The van der Waals surface area contributed by atoms with Crippen LogP contribution >= 0.6 is 0 Å². The van der Waals surface area contributed by atoms with E-state index >= 15 is 0 Å². The predicted octanol–water partition coefficient (Wildman–Crippen LogP) is 7.43. The highest BCUT2D eigenvalue weighted by molar-refractivity contribution is 6.01. The number of urea groups is 1. The number of carbonyl (C=O) groups excluding carboxylic acids is 1. The minimum atomic E-state index is -5.25. The highest BCUT2D eigenvalue weighted by atomic mass is 19.4. The van der Waals surface area contributed by atoms with E-state index in [2.05, 4.69) is 0 Å². The molecule has 15 heteroatoms. The highest BCUT2D eigenvalue weighted by Crippen LogP contribution is 2.39. The standard InChI is InChI=1S/C18H10F12N2O/c1-32(13-6-10(17(25,26)27)3-11(7-13)18(28,29)30)14(33)31-12-4-8(15(19,20)21)2-9(5-12)16(22,23)24/h2-7H,1H3,(H,31,33). The van der Waals surface area contributed by atoms with Crippen molar-refractivity contribution in [3.63, 3.8) is 0 Å². The Morgan fingerprint density at radius 1 is 0.606 bits per heavy atom. The van der Waals surface area contributed by atoms with Crippen LogP contribution in [0.15, 0.2) is 36.4 Å². The first-order valence-corrected chi connectivity index (χ1v) is 8.33. The first-order chi connectivity index (χ1) is 14.7. The monoisotopic (exact) mass is 498 g/mol. The number of hydrogen-bond donors (Lipinski definition) is 1. The zero-order chi connectivity index (χ0) is 25.6. The molecule has 0 spiro atoms. The number of rotatable bonds is 2. The Kier molecular flexibility index (Phi) is 6.60. The van der Waals surface area contributed by atoms with Gasteiger partial charge in [0.1, 0.15) is 0 Å². The summed E-state index contributed by atoms with van der Waals surface area (Å²) in [4.78, 5) is 12.4. The Hall–Kier alpha value is -3.13. The fourth-order valence-electron chi connectivity index (χ4n) is 2.48.